The number of hydrogen-bond acceptors (Lipinski definition) is 4. The first-order chi connectivity index (χ1) is 8.10. The Hall–Kier alpha value is -2.44. The number of nitrogens with one attached hydrogen (secondary N) is 1. The van der Waals surface area contributed by atoms with E-state index in [1.54, 1.807) is 0 Å². The molecule has 0 amide bonds. The predicted molar refractivity (Wildman–Crippen MR) is 58.3 cm³/mol. The van der Waals surface area contributed by atoms with Gasteiger partial charge in [-0.1, -0.05) is 6.92 Å². The summed E-state index contributed by atoms with van der Waals surface area (Å²) in [4.78, 5) is 28.6. The first-order valence-electron chi connectivity index (χ1n) is 4.99. The van der Waals surface area contributed by atoms with Crippen molar-refractivity contribution in [3.8, 4) is 5.95 Å². The fourth-order valence-corrected chi connectivity index (χ4v) is 1.34. The van der Waals surface area contributed by atoms with Crippen molar-refractivity contribution in [3.63, 3.8) is 0 Å². The zero-order valence-corrected chi connectivity index (χ0v) is 9.04. The summed E-state index contributed by atoms with van der Waals surface area (Å²) >= 11 is 0. The Morgan fingerprint density at radius 3 is 2.94 bits per heavy atom. The zero-order chi connectivity index (χ0) is 12.4. The van der Waals surface area contributed by atoms with Crippen LogP contribution in [0.15, 0.2) is 23.1 Å². The second-order valence-corrected chi connectivity index (χ2v) is 3.36. The molecule has 0 bridgehead atoms. The van der Waals surface area contributed by atoms with E-state index in [1.165, 1.54) is 23.0 Å². The molecule has 0 saturated carbocycles. The lowest BCUT2D eigenvalue weighted by molar-refractivity contribution is 0.0690. The molecule has 0 aliphatic rings. The molecule has 88 valence electrons. The van der Waals surface area contributed by atoms with Gasteiger partial charge in [0.1, 0.15) is 0 Å². The number of carboxylic acids is 1. The summed E-state index contributed by atoms with van der Waals surface area (Å²) in [7, 11) is 0. The van der Waals surface area contributed by atoms with Crippen LogP contribution in [0, 0.1) is 0 Å². The van der Waals surface area contributed by atoms with Gasteiger partial charge >= 0.3 is 5.97 Å². The van der Waals surface area contributed by atoms with E-state index in [0.29, 0.717) is 12.1 Å². The molecule has 2 N–H and O–H groups in total. The van der Waals surface area contributed by atoms with Gasteiger partial charge in [-0.05, 0) is 12.5 Å². The number of aromatic carboxylic acids is 1. The Bertz CT molecular complexity index is 614. The molecule has 2 aromatic rings. The summed E-state index contributed by atoms with van der Waals surface area (Å²) in [6.45, 7) is 1.87. The summed E-state index contributed by atoms with van der Waals surface area (Å²) in [6.07, 6.45) is 2.05. The van der Waals surface area contributed by atoms with E-state index in [4.69, 9.17) is 5.11 Å². The molecule has 7 heteroatoms. The van der Waals surface area contributed by atoms with Crippen molar-refractivity contribution in [2.75, 3.05) is 0 Å². The van der Waals surface area contributed by atoms with E-state index in [-0.39, 0.29) is 17.2 Å². The van der Waals surface area contributed by atoms with Gasteiger partial charge in [0.05, 0.1) is 0 Å². The molecule has 2 rings (SSSR count). The normalized spacial score (nSPS) is 10.4. The van der Waals surface area contributed by atoms with Crippen LogP contribution in [-0.4, -0.2) is 30.8 Å². The first kappa shape index (κ1) is 11.1. The minimum Gasteiger partial charge on any atom is -0.476 e. The number of nitrogens with zero attached hydrogens (tertiary/aromatic N) is 3. The van der Waals surface area contributed by atoms with Crippen LogP contribution in [0.4, 0.5) is 0 Å². The molecule has 0 aliphatic carbocycles. The Labute approximate surface area is 95.7 Å². The second kappa shape index (κ2) is 4.20. The molecule has 0 aromatic carbocycles. The largest absolute Gasteiger partial charge is 0.476 e. The molecule has 0 radical (unpaired) electrons. The summed E-state index contributed by atoms with van der Waals surface area (Å²) in [5, 5.41) is 12.5. The third-order valence-corrected chi connectivity index (χ3v) is 2.17. The average molecular weight is 234 g/mol. The third-order valence-electron chi connectivity index (χ3n) is 2.17. The predicted octanol–water partition coefficient (Wildman–Crippen LogP) is 0.216. The van der Waals surface area contributed by atoms with Crippen molar-refractivity contribution in [1.29, 1.82) is 0 Å². The highest BCUT2D eigenvalue weighted by Gasteiger charge is 2.09. The monoisotopic (exact) mass is 234 g/mol. The highest BCUT2D eigenvalue weighted by molar-refractivity contribution is 5.85. The Morgan fingerprint density at radius 1 is 1.59 bits per heavy atom. The Kier molecular flexibility index (Phi) is 2.73. The third kappa shape index (κ3) is 2.22. The number of H-pyrrole nitrogens is 1. The minimum absolute atomic E-state index is 0.102. The van der Waals surface area contributed by atoms with Gasteiger partial charge in [0.25, 0.3) is 5.56 Å². The van der Waals surface area contributed by atoms with E-state index in [2.05, 4.69) is 15.1 Å². The van der Waals surface area contributed by atoms with E-state index in [9.17, 15) is 9.59 Å². The van der Waals surface area contributed by atoms with Crippen LogP contribution in [0.3, 0.4) is 0 Å². The van der Waals surface area contributed by atoms with Crippen molar-refractivity contribution in [3.05, 3.63) is 40.1 Å². The Morgan fingerprint density at radius 2 is 2.35 bits per heavy atom. The van der Waals surface area contributed by atoms with E-state index >= 15 is 0 Å². The van der Waals surface area contributed by atoms with Gasteiger partial charge in [0.2, 0.25) is 5.95 Å². The molecule has 17 heavy (non-hydrogen) atoms. The van der Waals surface area contributed by atoms with E-state index < -0.39 is 5.97 Å². The van der Waals surface area contributed by atoms with Crippen molar-refractivity contribution in [1.82, 2.24) is 19.7 Å². The van der Waals surface area contributed by atoms with Gasteiger partial charge in [0.15, 0.2) is 5.69 Å². The highest BCUT2D eigenvalue weighted by Crippen LogP contribution is 2.02. The van der Waals surface area contributed by atoms with Gasteiger partial charge in [-0.25, -0.2) is 14.5 Å². The highest BCUT2D eigenvalue weighted by atomic mass is 16.4. The van der Waals surface area contributed by atoms with Crippen LogP contribution in [0.5, 0.6) is 0 Å². The molecule has 0 aliphatic heterocycles. The maximum absolute atomic E-state index is 11.3. The number of aromatic amines is 1. The van der Waals surface area contributed by atoms with Crippen molar-refractivity contribution < 1.29 is 9.90 Å². The van der Waals surface area contributed by atoms with Crippen molar-refractivity contribution in [2.45, 2.75) is 13.3 Å². The molecule has 0 atom stereocenters. The maximum Gasteiger partial charge on any atom is 0.356 e. The number of aromatic nitrogens is 4. The summed E-state index contributed by atoms with van der Waals surface area (Å²) < 4.78 is 1.23. The Balaban J connectivity index is 2.48. The number of hydrogen-bond donors (Lipinski definition) is 2. The first-order valence-corrected chi connectivity index (χ1v) is 4.99. The van der Waals surface area contributed by atoms with Crippen LogP contribution in [-0.2, 0) is 6.42 Å². The summed E-state index contributed by atoms with van der Waals surface area (Å²) in [5.74, 6) is -0.917. The van der Waals surface area contributed by atoms with Crippen molar-refractivity contribution >= 4 is 5.97 Å². The number of aryl methyl sites for hydroxylation is 1. The molecular weight excluding hydrogens is 224 g/mol. The average Bonchev–Trinajstić information content (AvgIpc) is 2.77. The summed E-state index contributed by atoms with van der Waals surface area (Å²) in [6, 6.07) is 2.73. The van der Waals surface area contributed by atoms with Gasteiger partial charge in [0, 0.05) is 18.0 Å². The number of carbonyl (C=O) groups is 1. The number of carboxylic acid groups (broad SMARTS) is 1. The molecule has 0 spiro atoms. The molecule has 0 fully saturated rings. The number of rotatable bonds is 3. The lowest BCUT2D eigenvalue weighted by Crippen LogP contribution is -2.14. The van der Waals surface area contributed by atoms with Crippen LogP contribution in [0.2, 0.25) is 0 Å². The quantitative estimate of drug-likeness (QED) is 0.790. The van der Waals surface area contributed by atoms with Gasteiger partial charge in [-0.2, -0.15) is 5.10 Å². The van der Waals surface area contributed by atoms with Crippen LogP contribution in [0.1, 0.15) is 23.1 Å². The van der Waals surface area contributed by atoms with Crippen molar-refractivity contribution in [2.24, 2.45) is 0 Å². The lowest BCUT2D eigenvalue weighted by Gasteiger charge is -2.01. The fraction of sp³-hybridized carbons (Fsp3) is 0.200. The molecule has 0 saturated heterocycles. The molecule has 2 heterocycles. The minimum atomic E-state index is -1.13. The molecular formula is C10H10N4O3. The molecule has 2 aromatic heterocycles. The summed E-state index contributed by atoms with van der Waals surface area (Å²) in [5.41, 5.74) is 0.227. The molecule has 0 unspecified atom stereocenters. The topological polar surface area (TPSA) is 101 Å². The van der Waals surface area contributed by atoms with E-state index in [0.717, 1.165) is 0 Å². The van der Waals surface area contributed by atoms with E-state index in [1.807, 2.05) is 6.92 Å². The lowest BCUT2D eigenvalue weighted by atomic mass is 10.3. The standard InChI is InChI=1S/C10H10N4O3/c1-2-6-5-8(15)12-10(11-6)14-4-3-7(13-14)9(16)17/h3-5H,2H2,1H3,(H,16,17)(H,11,12,15). The van der Waals surface area contributed by atoms with Gasteiger partial charge < -0.3 is 5.11 Å². The zero-order valence-electron chi connectivity index (χ0n) is 9.04. The maximum atomic E-state index is 11.3. The smallest absolute Gasteiger partial charge is 0.356 e. The van der Waals surface area contributed by atoms with Gasteiger partial charge in [-0.3, -0.25) is 9.78 Å². The fourth-order valence-electron chi connectivity index (χ4n) is 1.34. The second-order valence-electron chi connectivity index (χ2n) is 3.36. The van der Waals surface area contributed by atoms with Crippen LogP contribution < -0.4 is 5.56 Å². The molecule has 7 nitrogen and oxygen atoms in total. The van der Waals surface area contributed by atoms with Gasteiger partial charge in [-0.15, -0.1) is 0 Å². The van der Waals surface area contributed by atoms with Crippen LogP contribution >= 0.6 is 0 Å². The van der Waals surface area contributed by atoms with Crippen LogP contribution in [0.25, 0.3) is 5.95 Å². The SMILES string of the molecule is CCc1cc(=O)[nH]c(-n2ccc(C(=O)O)n2)n1.